The van der Waals surface area contributed by atoms with Crippen molar-refractivity contribution >= 4 is 21.9 Å². The van der Waals surface area contributed by atoms with Crippen LogP contribution in [0.1, 0.15) is 51.0 Å². The Kier molecular flexibility index (Phi) is 7.22. The fraction of sp³-hybridized carbons (Fsp3) is 0.484. The first kappa shape index (κ1) is 25.1. The van der Waals surface area contributed by atoms with Gasteiger partial charge in [-0.3, -0.25) is 14.1 Å². The lowest BCUT2D eigenvalue weighted by molar-refractivity contribution is 0.106. The van der Waals surface area contributed by atoms with Gasteiger partial charge in [-0.1, -0.05) is 24.6 Å². The van der Waals surface area contributed by atoms with Crippen molar-refractivity contribution < 1.29 is 9.47 Å². The van der Waals surface area contributed by atoms with Crippen LogP contribution in [0.25, 0.3) is 33.1 Å². The number of methoxy groups -OCH3 is 1. The monoisotopic (exact) mass is 514 g/mol. The van der Waals surface area contributed by atoms with Gasteiger partial charge in [0.1, 0.15) is 5.75 Å². The number of likely N-dealkylation sites (tertiary alicyclic amines) is 1. The molecule has 1 aliphatic heterocycles. The summed E-state index contributed by atoms with van der Waals surface area (Å²) in [7, 11) is 3.60. The van der Waals surface area contributed by atoms with Crippen molar-refractivity contribution in [1.82, 2.24) is 19.0 Å². The minimum Gasteiger partial charge on any atom is -0.494 e. The average Bonchev–Trinajstić information content (AvgIpc) is 3.54. The molecule has 2 aliphatic rings. The van der Waals surface area contributed by atoms with Crippen molar-refractivity contribution in [3.05, 3.63) is 59.1 Å². The van der Waals surface area contributed by atoms with E-state index < -0.39 is 0 Å². The third-order valence-electron chi connectivity index (χ3n) is 8.49. The van der Waals surface area contributed by atoms with Crippen LogP contribution in [0.3, 0.4) is 0 Å². The molecule has 1 saturated carbocycles. The van der Waals surface area contributed by atoms with Crippen LogP contribution in [0.2, 0.25) is 0 Å². The number of piperidine rings is 1. The smallest absolute Gasteiger partial charge is 0.329 e. The highest BCUT2D eigenvalue weighted by atomic mass is 16.5. The number of aromatic nitrogens is 3. The molecule has 0 spiro atoms. The first-order valence-electron chi connectivity index (χ1n) is 14.1. The number of fused-ring (bicyclic) bond motifs is 3. The number of rotatable bonds is 8. The van der Waals surface area contributed by atoms with Crippen LogP contribution in [0.5, 0.6) is 5.75 Å². The Bertz CT molecular complexity index is 1470. The van der Waals surface area contributed by atoms with E-state index in [2.05, 4.69) is 52.3 Å². The van der Waals surface area contributed by atoms with E-state index >= 15 is 0 Å². The predicted octanol–water partition coefficient (Wildman–Crippen LogP) is 5.55. The minimum absolute atomic E-state index is 0.0169. The summed E-state index contributed by atoms with van der Waals surface area (Å²) in [5.41, 5.74) is 4.98. The molecule has 7 heteroatoms. The summed E-state index contributed by atoms with van der Waals surface area (Å²) in [6.45, 7) is 4.33. The number of hydrogen-bond donors (Lipinski definition) is 0. The number of pyridine rings is 1. The summed E-state index contributed by atoms with van der Waals surface area (Å²) >= 11 is 0. The molecule has 2 atom stereocenters. The molecule has 4 aromatic rings. The highest BCUT2D eigenvalue weighted by Gasteiger charge is 2.29. The van der Waals surface area contributed by atoms with E-state index in [4.69, 9.17) is 9.47 Å². The standard InChI is InChI=1S/C31H38N4O3/c1-33-29-21-32-28-14-9-23(19-27(28)30(29)35(31(33)36)24-10-13-26(20-24)37-2)22-7-11-25(12-8-22)38-18-6-17-34-15-4-3-5-16-34/h7-9,11-12,14,19,21,24,26H,3-6,10,13,15-18,20H2,1-2H3/t24-,26-/m0/s1. The van der Waals surface area contributed by atoms with Crippen LogP contribution in [-0.4, -0.2) is 58.5 Å². The lowest BCUT2D eigenvalue weighted by Crippen LogP contribution is -2.31. The summed E-state index contributed by atoms with van der Waals surface area (Å²) in [5.74, 6) is 0.906. The Morgan fingerprint density at radius 2 is 1.79 bits per heavy atom. The minimum atomic E-state index is 0.0169. The molecule has 1 saturated heterocycles. The van der Waals surface area contributed by atoms with E-state index in [0.29, 0.717) is 0 Å². The SMILES string of the molecule is CO[C@H]1CC[C@H](n2c(=O)n(C)c3cnc4ccc(-c5ccc(OCCCN6CCCCC6)cc5)cc4c32)C1. The first-order chi connectivity index (χ1) is 18.6. The van der Waals surface area contributed by atoms with Crippen molar-refractivity contribution in [2.45, 2.75) is 57.1 Å². The number of imidazole rings is 1. The summed E-state index contributed by atoms with van der Waals surface area (Å²) in [5, 5.41) is 1.01. The molecular formula is C31H38N4O3. The Morgan fingerprint density at radius 3 is 2.55 bits per heavy atom. The number of benzene rings is 2. The van der Waals surface area contributed by atoms with E-state index in [0.717, 1.165) is 77.6 Å². The van der Waals surface area contributed by atoms with Gasteiger partial charge in [0.25, 0.3) is 0 Å². The van der Waals surface area contributed by atoms with Gasteiger partial charge in [0.15, 0.2) is 0 Å². The molecule has 0 radical (unpaired) electrons. The zero-order valence-corrected chi connectivity index (χ0v) is 22.6. The Labute approximate surface area is 224 Å². The number of aryl methyl sites for hydroxylation is 1. The molecular weight excluding hydrogens is 476 g/mol. The van der Waals surface area contributed by atoms with Crippen LogP contribution in [0.15, 0.2) is 53.5 Å². The van der Waals surface area contributed by atoms with Crippen LogP contribution in [0.4, 0.5) is 0 Å². The highest BCUT2D eigenvalue weighted by molar-refractivity contribution is 6.04. The van der Waals surface area contributed by atoms with E-state index in [1.807, 2.05) is 17.8 Å². The van der Waals surface area contributed by atoms with Gasteiger partial charge in [0.05, 0.1) is 35.5 Å². The Balaban J connectivity index is 1.24. The number of hydrogen-bond acceptors (Lipinski definition) is 5. The maximum Gasteiger partial charge on any atom is 0.329 e. The van der Waals surface area contributed by atoms with Crippen molar-refractivity contribution in [2.75, 3.05) is 33.4 Å². The molecule has 38 heavy (non-hydrogen) atoms. The van der Waals surface area contributed by atoms with E-state index in [1.165, 1.54) is 32.4 Å². The zero-order valence-electron chi connectivity index (χ0n) is 22.6. The van der Waals surface area contributed by atoms with Crippen molar-refractivity contribution in [3.8, 4) is 16.9 Å². The lowest BCUT2D eigenvalue weighted by atomic mass is 10.0. The topological polar surface area (TPSA) is 61.5 Å². The average molecular weight is 515 g/mol. The van der Waals surface area contributed by atoms with Crippen molar-refractivity contribution in [1.29, 1.82) is 0 Å². The van der Waals surface area contributed by atoms with Gasteiger partial charge in [-0.2, -0.15) is 0 Å². The summed E-state index contributed by atoms with van der Waals surface area (Å²) in [4.78, 5) is 20.6. The number of nitrogens with zero attached hydrogens (tertiary/aromatic N) is 4. The fourth-order valence-electron chi connectivity index (χ4n) is 6.32. The molecule has 0 N–H and O–H groups in total. The molecule has 200 valence electrons. The third kappa shape index (κ3) is 4.85. The van der Waals surface area contributed by atoms with E-state index in [1.54, 1.807) is 11.7 Å². The second-order valence-corrected chi connectivity index (χ2v) is 10.9. The van der Waals surface area contributed by atoms with Gasteiger partial charge in [-0.15, -0.1) is 0 Å². The van der Waals surface area contributed by atoms with E-state index in [9.17, 15) is 4.79 Å². The van der Waals surface area contributed by atoms with Crippen LogP contribution < -0.4 is 10.4 Å². The van der Waals surface area contributed by atoms with Crippen molar-refractivity contribution in [2.24, 2.45) is 7.05 Å². The molecule has 0 unspecified atom stereocenters. The quantitative estimate of drug-likeness (QED) is 0.289. The Morgan fingerprint density at radius 1 is 1.00 bits per heavy atom. The third-order valence-corrected chi connectivity index (χ3v) is 8.49. The second-order valence-electron chi connectivity index (χ2n) is 10.9. The molecule has 7 nitrogen and oxygen atoms in total. The van der Waals surface area contributed by atoms with Gasteiger partial charge < -0.3 is 14.4 Å². The molecule has 2 aromatic carbocycles. The van der Waals surface area contributed by atoms with Crippen LogP contribution in [0, 0.1) is 0 Å². The molecule has 6 rings (SSSR count). The number of ether oxygens (including phenoxy) is 2. The molecule has 3 heterocycles. The van der Waals surface area contributed by atoms with Gasteiger partial charge >= 0.3 is 5.69 Å². The molecule has 2 fully saturated rings. The van der Waals surface area contributed by atoms with Crippen molar-refractivity contribution in [3.63, 3.8) is 0 Å². The second kappa shape index (κ2) is 10.9. The summed E-state index contributed by atoms with van der Waals surface area (Å²) < 4.78 is 15.4. The lowest BCUT2D eigenvalue weighted by Gasteiger charge is -2.26. The summed E-state index contributed by atoms with van der Waals surface area (Å²) in [6.07, 6.45) is 9.90. The summed E-state index contributed by atoms with van der Waals surface area (Å²) in [6, 6.07) is 14.8. The molecule has 0 bridgehead atoms. The Hall–Kier alpha value is -3.16. The van der Waals surface area contributed by atoms with Gasteiger partial charge in [0, 0.05) is 32.1 Å². The largest absolute Gasteiger partial charge is 0.494 e. The maximum absolute atomic E-state index is 13.3. The molecule has 1 aliphatic carbocycles. The first-order valence-corrected chi connectivity index (χ1v) is 14.1. The van der Waals surface area contributed by atoms with Gasteiger partial charge in [-0.25, -0.2) is 4.79 Å². The maximum atomic E-state index is 13.3. The molecule has 2 aromatic heterocycles. The van der Waals surface area contributed by atoms with Crippen LogP contribution in [-0.2, 0) is 11.8 Å². The molecule has 0 amide bonds. The van der Waals surface area contributed by atoms with E-state index in [-0.39, 0.29) is 17.8 Å². The zero-order chi connectivity index (χ0) is 26.1. The normalized spacial score (nSPS) is 20.5. The highest BCUT2D eigenvalue weighted by Crippen LogP contribution is 2.36. The fourth-order valence-corrected chi connectivity index (χ4v) is 6.32. The van der Waals surface area contributed by atoms with Gasteiger partial charge in [0.2, 0.25) is 0 Å². The van der Waals surface area contributed by atoms with Gasteiger partial charge in [-0.05, 0) is 87.0 Å². The predicted molar refractivity (Wildman–Crippen MR) is 152 cm³/mol. The van der Waals surface area contributed by atoms with Crippen LogP contribution >= 0.6 is 0 Å².